The van der Waals surface area contributed by atoms with Crippen molar-refractivity contribution in [2.24, 2.45) is 46.2 Å². The summed E-state index contributed by atoms with van der Waals surface area (Å²) < 4.78 is 5.90. The van der Waals surface area contributed by atoms with Gasteiger partial charge < -0.3 is 20.9 Å². The molecule has 0 spiro atoms. The predicted octanol–water partition coefficient (Wildman–Crippen LogP) is 5.26. The second kappa shape index (κ2) is 9.94. The van der Waals surface area contributed by atoms with Crippen LogP contribution in [0.4, 0.5) is 0 Å². The van der Waals surface area contributed by atoms with E-state index in [2.05, 4.69) is 30.5 Å². The predicted molar refractivity (Wildman–Crippen MR) is 144 cm³/mol. The number of allylic oxidation sites excluding steroid dienone is 4. The van der Waals surface area contributed by atoms with Crippen molar-refractivity contribution in [2.45, 2.75) is 90.1 Å². The molecule has 4 N–H and O–H groups in total. The number of aliphatic hydroxyl groups is 1. The Hall–Kier alpha value is -1.59. The molecular formula is C31H48N2O3. The molecule has 8 atom stereocenters. The molecule has 0 amide bonds. The first kappa shape index (κ1) is 26.0. The molecule has 5 aliphatic carbocycles. The van der Waals surface area contributed by atoms with Gasteiger partial charge in [-0.2, -0.15) is 0 Å². The van der Waals surface area contributed by atoms with E-state index in [1.54, 1.807) is 0 Å². The van der Waals surface area contributed by atoms with Crippen LogP contribution in [0.1, 0.15) is 84.5 Å². The molecule has 5 aliphatic rings. The van der Waals surface area contributed by atoms with E-state index < -0.39 is 5.60 Å². The normalized spacial score (nSPS) is 48.1. The first-order valence-corrected chi connectivity index (χ1v) is 14.5. The summed E-state index contributed by atoms with van der Waals surface area (Å²) in [5.74, 6) is 3.04. The monoisotopic (exact) mass is 496 g/mol. The largest absolute Gasteiger partial charge is 0.400 e. The Labute approximate surface area is 218 Å². The molecule has 200 valence electrons. The van der Waals surface area contributed by atoms with Gasteiger partial charge in [0.1, 0.15) is 0 Å². The van der Waals surface area contributed by atoms with Gasteiger partial charge in [0.15, 0.2) is 5.78 Å². The number of ketones is 1. The van der Waals surface area contributed by atoms with Crippen molar-refractivity contribution in [2.75, 3.05) is 20.3 Å². The Morgan fingerprint density at radius 1 is 1.06 bits per heavy atom. The highest BCUT2D eigenvalue weighted by Crippen LogP contribution is 2.68. The SMILES string of the molecule is COC[C@]12CC[C@@](C)(O)C[C@@H]1CC[C@H]1[C@@H]3CC[C@H](C(=O)CN/C4=C(/N)C/C=C\C=C/C4)[C@@]3(C)CC[C@@H]12. The van der Waals surface area contributed by atoms with Gasteiger partial charge in [0.2, 0.25) is 0 Å². The molecule has 5 nitrogen and oxygen atoms in total. The van der Waals surface area contributed by atoms with Crippen LogP contribution in [0.25, 0.3) is 0 Å². The van der Waals surface area contributed by atoms with Crippen LogP contribution in [0.3, 0.4) is 0 Å². The van der Waals surface area contributed by atoms with E-state index in [0.29, 0.717) is 36.0 Å². The molecular weight excluding hydrogens is 448 g/mol. The van der Waals surface area contributed by atoms with Gasteiger partial charge in [-0.25, -0.2) is 0 Å². The van der Waals surface area contributed by atoms with E-state index in [-0.39, 0.29) is 16.7 Å². The molecule has 0 aromatic heterocycles. The maximum absolute atomic E-state index is 13.6. The number of methoxy groups -OCH3 is 1. The van der Waals surface area contributed by atoms with Gasteiger partial charge in [-0.3, -0.25) is 4.79 Å². The second-order valence-electron chi connectivity index (χ2n) is 13.3. The maximum atomic E-state index is 13.6. The summed E-state index contributed by atoms with van der Waals surface area (Å²) in [6.45, 7) is 5.67. The molecule has 0 aromatic rings. The lowest BCUT2D eigenvalue weighted by atomic mass is 9.43. The summed E-state index contributed by atoms with van der Waals surface area (Å²) in [6.07, 6.45) is 19.6. The van der Waals surface area contributed by atoms with E-state index in [1.807, 2.05) is 20.1 Å². The number of rotatable bonds is 6. The van der Waals surface area contributed by atoms with Crippen LogP contribution in [0.5, 0.6) is 0 Å². The topological polar surface area (TPSA) is 84.6 Å². The molecule has 4 fully saturated rings. The number of ether oxygens (including phenoxy) is 1. The Morgan fingerprint density at radius 2 is 1.83 bits per heavy atom. The van der Waals surface area contributed by atoms with Crippen LogP contribution >= 0.6 is 0 Å². The number of nitrogens with two attached hydrogens (primary N) is 1. The Morgan fingerprint density at radius 3 is 2.61 bits per heavy atom. The van der Waals surface area contributed by atoms with Crippen LogP contribution < -0.4 is 11.1 Å². The maximum Gasteiger partial charge on any atom is 0.155 e. The smallest absolute Gasteiger partial charge is 0.155 e. The Bertz CT molecular complexity index is 936. The zero-order valence-corrected chi connectivity index (χ0v) is 22.7. The van der Waals surface area contributed by atoms with Crippen molar-refractivity contribution in [1.29, 1.82) is 0 Å². The Kier molecular flexibility index (Phi) is 7.19. The molecule has 0 saturated heterocycles. The van der Waals surface area contributed by atoms with Gasteiger partial charge in [-0.15, -0.1) is 0 Å². The van der Waals surface area contributed by atoms with E-state index in [4.69, 9.17) is 10.5 Å². The van der Waals surface area contributed by atoms with Crippen LogP contribution in [0, 0.1) is 40.4 Å². The number of hydrogen-bond donors (Lipinski definition) is 3. The minimum Gasteiger partial charge on any atom is -0.400 e. The minimum absolute atomic E-state index is 0.102. The van der Waals surface area contributed by atoms with Gasteiger partial charge in [-0.1, -0.05) is 31.2 Å². The Balaban J connectivity index is 1.30. The van der Waals surface area contributed by atoms with E-state index >= 15 is 0 Å². The highest BCUT2D eigenvalue weighted by molar-refractivity contribution is 5.84. The minimum atomic E-state index is -0.531. The van der Waals surface area contributed by atoms with Gasteiger partial charge in [0, 0.05) is 37.3 Å². The molecule has 0 radical (unpaired) electrons. The van der Waals surface area contributed by atoms with Crippen LogP contribution in [0.15, 0.2) is 35.7 Å². The third-order valence-corrected chi connectivity index (χ3v) is 11.4. The average Bonchev–Trinajstić information content (AvgIpc) is 3.18. The third kappa shape index (κ3) is 4.49. The number of nitrogens with one attached hydrogen (secondary N) is 1. The van der Waals surface area contributed by atoms with E-state index in [0.717, 1.165) is 62.9 Å². The lowest BCUT2D eigenvalue weighted by Crippen LogP contribution is -2.58. The highest BCUT2D eigenvalue weighted by atomic mass is 16.5. The lowest BCUT2D eigenvalue weighted by Gasteiger charge is -2.62. The summed E-state index contributed by atoms with van der Waals surface area (Å²) >= 11 is 0. The fraction of sp³-hybridized carbons (Fsp3) is 0.774. The van der Waals surface area contributed by atoms with Crippen molar-refractivity contribution < 1.29 is 14.6 Å². The highest BCUT2D eigenvalue weighted by Gasteiger charge is 2.63. The first-order chi connectivity index (χ1) is 17.2. The molecule has 0 heterocycles. The third-order valence-electron chi connectivity index (χ3n) is 11.4. The molecule has 0 unspecified atom stereocenters. The van der Waals surface area contributed by atoms with Crippen molar-refractivity contribution in [3.8, 4) is 0 Å². The lowest BCUT2D eigenvalue weighted by molar-refractivity contribution is -0.175. The fourth-order valence-corrected chi connectivity index (χ4v) is 9.61. The van der Waals surface area contributed by atoms with Crippen LogP contribution in [-0.4, -0.2) is 36.8 Å². The number of carbonyl (C=O) groups excluding carboxylic acids is 1. The molecule has 0 aromatic carbocycles. The number of Topliss-reactive ketones (excluding diaryl/α,β-unsaturated/α-hetero) is 1. The molecule has 36 heavy (non-hydrogen) atoms. The van der Waals surface area contributed by atoms with E-state index in [1.165, 1.54) is 25.7 Å². The standard InChI is InChI=1S/C31H48N2O3/c1-29(35)16-17-31(20-36-3)21(18-29)10-11-22-23-12-13-25(30(23,2)15-14-24(22)31)28(34)19-33-27-9-7-5-4-6-8-26(27)32/h4-7,21-25,33,35H,8-20,32H2,1-3H3/b6-4-,7-5-,27-26+/t21-,22-,23-,24-,25+,29+,30-,31+/m0/s1. The van der Waals surface area contributed by atoms with Crippen molar-refractivity contribution in [3.05, 3.63) is 35.7 Å². The van der Waals surface area contributed by atoms with Gasteiger partial charge in [0.05, 0.1) is 18.8 Å². The summed E-state index contributed by atoms with van der Waals surface area (Å²) in [6, 6.07) is 0. The summed E-state index contributed by atoms with van der Waals surface area (Å²) in [5.41, 5.74) is 7.91. The van der Waals surface area contributed by atoms with Crippen LogP contribution in [0.2, 0.25) is 0 Å². The molecule has 5 heteroatoms. The summed E-state index contributed by atoms with van der Waals surface area (Å²) in [5, 5.41) is 14.3. The number of hydrogen-bond acceptors (Lipinski definition) is 5. The van der Waals surface area contributed by atoms with Crippen molar-refractivity contribution in [1.82, 2.24) is 5.32 Å². The zero-order valence-electron chi connectivity index (χ0n) is 22.7. The first-order valence-electron chi connectivity index (χ1n) is 14.5. The molecule has 4 saturated carbocycles. The van der Waals surface area contributed by atoms with Crippen molar-refractivity contribution in [3.63, 3.8) is 0 Å². The van der Waals surface area contributed by atoms with Gasteiger partial charge in [-0.05, 0) is 99.2 Å². The zero-order chi connectivity index (χ0) is 25.6. The van der Waals surface area contributed by atoms with Crippen LogP contribution in [-0.2, 0) is 9.53 Å². The molecule has 0 aliphatic heterocycles. The molecule has 5 rings (SSSR count). The number of fused-ring (bicyclic) bond motifs is 5. The summed E-state index contributed by atoms with van der Waals surface area (Å²) in [7, 11) is 1.86. The number of carbonyl (C=O) groups is 1. The quantitative estimate of drug-likeness (QED) is 0.467. The van der Waals surface area contributed by atoms with Gasteiger partial charge in [0.25, 0.3) is 0 Å². The van der Waals surface area contributed by atoms with Gasteiger partial charge >= 0.3 is 0 Å². The average molecular weight is 497 g/mol. The fourth-order valence-electron chi connectivity index (χ4n) is 9.61. The molecule has 0 bridgehead atoms. The second-order valence-corrected chi connectivity index (χ2v) is 13.3. The van der Waals surface area contributed by atoms with E-state index in [9.17, 15) is 9.90 Å². The summed E-state index contributed by atoms with van der Waals surface area (Å²) in [4.78, 5) is 13.6. The van der Waals surface area contributed by atoms with Crippen molar-refractivity contribution >= 4 is 5.78 Å².